The minimum Gasteiger partial charge on any atom is -0.316 e. The van der Waals surface area contributed by atoms with Crippen LogP contribution in [-0.2, 0) is 0 Å². The van der Waals surface area contributed by atoms with Crippen LogP contribution in [0.5, 0.6) is 0 Å². The van der Waals surface area contributed by atoms with Gasteiger partial charge in [-0.2, -0.15) is 0 Å². The van der Waals surface area contributed by atoms with Crippen LogP contribution in [0.25, 0.3) is 0 Å². The van der Waals surface area contributed by atoms with Crippen molar-refractivity contribution in [3.8, 4) is 0 Å². The molecule has 2 aromatic carbocycles. The van der Waals surface area contributed by atoms with Crippen molar-refractivity contribution >= 4 is 46.2 Å². The molecule has 8 nitrogen and oxygen atoms in total. The highest BCUT2D eigenvalue weighted by Crippen LogP contribution is 2.31. The number of nitro benzene ring substituents is 2. The molecule has 0 spiro atoms. The van der Waals surface area contributed by atoms with Crippen molar-refractivity contribution in [3.63, 3.8) is 0 Å². The minimum absolute atomic E-state index is 0.0523. The van der Waals surface area contributed by atoms with Gasteiger partial charge in [-0.3, -0.25) is 25.0 Å². The average Bonchev–Trinajstić information content (AvgIpc) is 2.46. The number of nitro groups is 2. The number of hydrogen-bond donors (Lipinski definition) is 1. The molecule has 0 unspecified atom stereocenters. The Hall–Kier alpha value is -2.71. The second-order valence-electron chi connectivity index (χ2n) is 4.27. The molecule has 0 aliphatic carbocycles. The van der Waals surface area contributed by atoms with E-state index in [4.69, 9.17) is 23.2 Å². The number of nitrogens with one attached hydrogen (secondary N) is 1. The number of halogens is 2. The van der Waals surface area contributed by atoms with Crippen LogP contribution < -0.4 is 5.32 Å². The van der Waals surface area contributed by atoms with Crippen LogP contribution in [-0.4, -0.2) is 15.8 Å². The van der Waals surface area contributed by atoms with Gasteiger partial charge in [0.2, 0.25) is 0 Å². The Morgan fingerprint density at radius 1 is 1.00 bits per heavy atom. The van der Waals surface area contributed by atoms with Gasteiger partial charge in [0.25, 0.3) is 17.3 Å². The molecule has 2 rings (SSSR count). The summed E-state index contributed by atoms with van der Waals surface area (Å²) in [6, 6.07) is 7.27. The summed E-state index contributed by atoms with van der Waals surface area (Å²) in [5, 5.41) is 24.1. The van der Waals surface area contributed by atoms with E-state index in [9.17, 15) is 25.0 Å². The van der Waals surface area contributed by atoms with E-state index in [1.54, 1.807) is 0 Å². The molecule has 0 saturated heterocycles. The molecule has 0 aliphatic heterocycles. The van der Waals surface area contributed by atoms with Gasteiger partial charge in [0.05, 0.1) is 31.5 Å². The first kappa shape index (κ1) is 16.7. The van der Waals surface area contributed by atoms with Crippen molar-refractivity contribution in [2.24, 2.45) is 0 Å². The van der Waals surface area contributed by atoms with Crippen LogP contribution in [0.4, 0.5) is 17.1 Å². The van der Waals surface area contributed by atoms with E-state index in [0.717, 1.165) is 18.2 Å². The Bertz CT molecular complexity index is 805. The fourth-order valence-corrected chi connectivity index (χ4v) is 2.36. The van der Waals surface area contributed by atoms with E-state index < -0.39 is 27.1 Å². The zero-order valence-electron chi connectivity index (χ0n) is 11.2. The maximum absolute atomic E-state index is 12.2. The van der Waals surface area contributed by atoms with E-state index in [0.29, 0.717) is 0 Å². The number of rotatable bonds is 4. The number of amides is 1. The molecule has 0 fully saturated rings. The zero-order chi connectivity index (χ0) is 17.1. The van der Waals surface area contributed by atoms with Crippen molar-refractivity contribution in [1.82, 2.24) is 0 Å². The fourth-order valence-electron chi connectivity index (χ4n) is 1.79. The molecule has 23 heavy (non-hydrogen) atoms. The topological polar surface area (TPSA) is 115 Å². The van der Waals surface area contributed by atoms with Gasteiger partial charge >= 0.3 is 0 Å². The lowest BCUT2D eigenvalue weighted by molar-refractivity contribution is -0.393. The second-order valence-corrected chi connectivity index (χ2v) is 5.08. The summed E-state index contributed by atoms with van der Waals surface area (Å²) < 4.78 is 0. The summed E-state index contributed by atoms with van der Waals surface area (Å²) in [6.45, 7) is 0. The van der Waals surface area contributed by atoms with E-state index in [2.05, 4.69) is 5.32 Å². The summed E-state index contributed by atoms with van der Waals surface area (Å²) in [6.07, 6.45) is 0. The number of carbonyl (C=O) groups is 1. The van der Waals surface area contributed by atoms with E-state index in [1.807, 2.05) is 0 Å². The third-order valence-corrected chi connectivity index (χ3v) is 3.46. The van der Waals surface area contributed by atoms with Gasteiger partial charge in [0.1, 0.15) is 5.69 Å². The summed E-state index contributed by atoms with van der Waals surface area (Å²) in [4.78, 5) is 32.3. The molecule has 2 aromatic rings. The number of carbonyl (C=O) groups excluding carboxylic acids is 1. The van der Waals surface area contributed by atoms with Crippen molar-refractivity contribution in [2.75, 3.05) is 5.32 Å². The molecule has 0 aliphatic rings. The van der Waals surface area contributed by atoms with E-state index >= 15 is 0 Å². The average molecular weight is 356 g/mol. The molecule has 1 amide bonds. The standard InChI is InChI=1S/C13H7Cl2N3O5/c14-8-2-1-3-9(15)12(8)13(19)16-10-5-4-7(17(20)21)6-11(10)18(22)23/h1-6H,(H,16,19). The Morgan fingerprint density at radius 3 is 2.13 bits per heavy atom. The summed E-state index contributed by atoms with van der Waals surface area (Å²) in [7, 11) is 0. The van der Waals surface area contributed by atoms with Crippen molar-refractivity contribution in [1.29, 1.82) is 0 Å². The monoisotopic (exact) mass is 355 g/mol. The number of hydrogen-bond acceptors (Lipinski definition) is 5. The summed E-state index contributed by atoms with van der Waals surface area (Å²) >= 11 is 11.8. The summed E-state index contributed by atoms with van der Waals surface area (Å²) in [5.74, 6) is -0.766. The number of nitrogens with zero attached hydrogens (tertiary/aromatic N) is 2. The van der Waals surface area contributed by atoms with Crippen LogP contribution in [0.1, 0.15) is 10.4 Å². The maximum Gasteiger partial charge on any atom is 0.299 e. The molecule has 0 heterocycles. The van der Waals surface area contributed by atoms with Crippen LogP contribution in [0.2, 0.25) is 10.0 Å². The molecule has 1 N–H and O–H groups in total. The maximum atomic E-state index is 12.2. The lowest BCUT2D eigenvalue weighted by Crippen LogP contribution is -2.14. The molecular weight excluding hydrogens is 349 g/mol. The van der Waals surface area contributed by atoms with Crippen LogP contribution >= 0.6 is 23.2 Å². The molecule has 0 bridgehead atoms. The fraction of sp³-hybridized carbons (Fsp3) is 0. The van der Waals surface area contributed by atoms with Crippen molar-refractivity contribution < 1.29 is 14.6 Å². The highest BCUT2D eigenvalue weighted by molar-refractivity contribution is 6.40. The van der Waals surface area contributed by atoms with Gasteiger partial charge in [0, 0.05) is 6.07 Å². The molecular formula is C13H7Cl2N3O5. The third kappa shape index (κ3) is 3.55. The van der Waals surface area contributed by atoms with Gasteiger partial charge < -0.3 is 5.32 Å². The van der Waals surface area contributed by atoms with Crippen LogP contribution in [0.3, 0.4) is 0 Å². The Morgan fingerprint density at radius 2 is 1.61 bits per heavy atom. The van der Waals surface area contributed by atoms with Crippen LogP contribution in [0.15, 0.2) is 36.4 Å². The van der Waals surface area contributed by atoms with Gasteiger partial charge in [-0.05, 0) is 18.2 Å². The van der Waals surface area contributed by atoms with Gasteiger partial charge in [0.15, 0.2) is 0 Å². The summed E-state index contributed by atoms with van der Waals surface area (Å²) in [5.41, 5.74) is -1.34. The van der Waals surface area contributed by atoms with Crippen molar-refractivity contribution in [2.45, 2.75) is 0 Å². The Kier molecular flexibility index (Phi) is 4.77. The molecule has 0 atom stereocenters. The van der Waals surface area contributed by atoms with Gasteiger partial charge in [-0.1, -0.05) is 29.3 Å². The highest BCUT2D eigenvalue weighted by Gasteiger charge is 2.23. The normalized spacial score (nSPS) is 10.2. The first-order valence-electron chi connectivity index (χ1n) is 5.99. The second kappa shape index (κ2) is 6.59. The molecule has 118 valence electrons. The molecule has 0 radical (unpaired) electrons. The van der Waals surface area contributed by atoms with Crippen LogP contribution in [0, 0.1) is 20.2 Å². The van der Waals surface area contributed by atoms with Gasteiger partial charge in [-0.15, -0.1) is 0 Å². The minimum atomic E-state index is -0.836. The Labute approximate surface area is 138 Å². The highest BCUT2D eigenvalue weighted by atomic mass is 35.5. The molecule has 10 heteroatoms. The SMILES string of the molecule is O=C(Nc1ccc([N+](=O)[O-])cc1[N+](=O)[O-])c1c(Cl)cccc1Cl. The lowest BCUT2D eigenvalue weighted by Gasteiger charge is -2.08. The first-order chi connectivity index (χ1) is 10.8. The van der Waals surface area contributed by atoms with Gasteiger partial charge in [-0.25, -0.2) is 0 Å². The quantitative estimate of drug-likeness (QED) is 0.655. The number of non-ortho nitro benzene ring substituents is 1. The van der Waals surface area contributed by atoms with E-state index in [-0.39, 0.29) is 21.3 Å². The largest absolute Gasteiger partial charge is 0.316 e. The first-order valence-corrected chi connectivity index (χ1v) is 6.75. The predicted octanol–water partition coefficient (Wildman–Crippen LogP) is 4.06. The molecule has 0 saturated carbocycles. The lowest BCUT2D eigenvalue weighted by atomic mass is 10.2. The zero-order valence-corrected chi connectivity index (χ0v) is 12.7. The van der Waals surface area contributed by atoms with Crippen molar-refractivity contribution in [3.05, 3.63) is 72.2 Å². The third-order valence-electron chi connectivity index (χ3n) is 2.83. The number of benzene rings is 2. The number of anilines is 1. The van der Waals surface area contributed by atoms with E-state index in [1.165, 1.54) is 18.2 Å². The predicted molar refractivity (Wildman–Crippen MR) is 84.2 cm³/mol. The Balaban J connectivity index is 2.42. The molecule has 0 aromatic heterocycles. The smallest absolute Gasteiger partial charge is 0.299 e.